The van der Waals surface area contributed by atoms with Crippen LogP contribution < -0.4 is 10.2 Å². The van der Waals surface area contributed by atoms with Crippen molar-refractivity contribution in [1.29, 1.82) is 0 Å². The van der Waals surface area contributed by atoms with Crippen LogP contribution in [0.3, 0.4) is 0 Å². The summed E-state index contributed by atoms with van der Waals surface area (Å²) in [6.45, 7) is 7.34. The Labute approximate surface area is 120 Å². The molecule has 1 N–H and O–H groups in total. The number of nitrogens with one attached hydrogen (secondary N) is 1. The molecule has 0 unspecified atom stereocenters. The van der Waals surface area contributed by atoms with Gasteiger partial charge in [-0.3, -0.25) is 4.79 Å². The molecule has 1 amide bonds. The third-order valence-electron chi connectivity index (χ3n) is 3.07. The molecule has 112 valence electrons. The maximum Gasteiger partial charge on any atom is 0.239 e. The first-order chi connectivity index (χ1) is 9.45. The molecule has 0 atom stereocenters. The lowest BCUT2D eigenvalue weighted by Crippen LogP contribution is -2.36. The van der Waals surface area contributed by atoms with E-state index in [2.05, 4.69) is 15.3 Å². The zero-order valence-electron chi connectivity index (χ0n) is 13.0. The van der Waals surface area contributed by atoms with Gasteiger partial charge in [-0.25, -0.2) is 9.97 Å². The van der Waals surface area contributed by atoms with E-state index in [9.17, 15) is 4.79 Å². The van der Waals surface area contributed by atoms with Crippen LogP contribution in [-0.4, -0.2) is 49.7 Å². The van der Waals surface area contributed by atoms with Gasteiger partial charge in [-0.1, -0.05) is 0 Å². The van der Waals surface area contributed by atoms with E-state index in [-0.39, 0.29) is 12.5 Å². The van der Waals surface area contributed by atoms with Crippen molar-refractivity contribution in [1.82, 2.24) is 15.3 Å². The van der Waals surface area contributed by atoms with E-state index in [1.807, 2.05) is 32.7 Å². The van der Waals surface area contributed by atoms with Crippen molar-refractivity contribution in [3.63, 3.8) is 0 Å². The standard InChI is InChI=1S/C14H24N4O2/c1-10-11(2)16-12(3)17-14(10)18(4)9-13(19)15-7-6-8-20-5/h6-9H2,1-5H3,(H,15,19). The minimum absolute atomic E-state index is 0.0167. The summed E-state index contributed by atoms with van der Waals surface area (Å²) in [5, 5.41) is 2.86. The third-order valence-corrected chi connectivity index (χ3v) is 3.07. The monoisotopic (exact) mass is 280 g/mol. The van der Waals surface area contributed by atoms with Crippen LogP contribution in [0.25, 0.3) is 0 Å². The van der Waals surface area contributed by atoms with Crippen molar-refractivity contribution < 1.29 is 9.53 Å². The van der Waals surface area contributed by atoms with Gasteiger partial charge in [0, 0.05) is 38.6 Å². The van der Waals surface area contributed by atoms with Gasteiger partial charge in [-0.15, -0.1) is 0 Å². The number of ether oxygens (including phenoxy) is 1. The van der Waals surface area contributed by atoms with Crippen LogP contribution in [-0.2, 0) is 9.53 Å². The predicted molar refractivity (Wildman–Crippen MR) is 79.0 cm³/mol. The predicted octanol–water partition coefficient (Wildman–Crippen LogP) is 0.991. The topological polar surface area (TPSA) is 67.3 Å². The number of nitrogens with zero attached hydrogens (tertiary/aromatic N) is 3. The molecule has 1 rings (SSSR count). The van der Waals surface area contributed by atoms with Crippen molar-refractivity contribution >= 4 is 11.7 Å². The minimum atomic E-state index is -0.0167. The van der Waals surface area contributed by atoms with E-state index in [4.69, 9.17) is 4.74 Å². The Kier molecular flexibility index (Phi) is 6.38. The summed E-state index contributed by atoms with van der Waals surface area (Å²) < 4.78 is 4.94. The van der Waals surface area contributed by atoms with Gasteiger partial charge in [0.25, 0.3) is 0 Å². The molecular weight excluding hydrogens is 256 g/mol. The molecule has 0 fully saturated rings. The fraction of sp³-hybridized carbons (Fsp3) is 0.643. The van der Waals surface area contributed by atoms with Crippen molar-refractivity contribution in [3.05, 3.63) is 17.1 Å². The third kappa shape index (κ3) is 4.77. The molecule has 0 aromatic carbocycles. The van der Waals surface area contributed by atoms with Crippen LogP contribution in [0.4, 0.5) is 5.82 Å². The van der Waals surface area contributed by atoms with Crippen molar-refractivity contribution in [2.45, 2.75) is 27.2 Å². The molecule has 0 aliphatic rings. The van der Waals surface area contributed by atoms with E-state index >= 15 is 0 Å². The fourth-order valence-electron chi connectivity index (χ4n) is 1.91. The Morgan fingerprint density at radius 3 is 2.65 bits per heavy atom. The molecule has 0 saturated heterocycles. The smallest absolute Gasteiger partial charge is 0.239 e. The van der Waals surface area contributed by atoms with Crippen LogP contribution in [0.5, 0.6) is 0 Å². The second-order valence-electron chi connectivity index (χ2n) is 4.86. The quantitative estimate of drug-likeness (QED) is 0.754. The first-order valence-electron chi connectivity index (χ1n) is 6.74. The number of rotatable bonds is 7. The van der Waals surface area contributed by atoms with Gasteiger partial charge >= 0.3 is 0 Å². The average Bonchev–Trinajstić information content (AvgIpc) is 2.38. The molecule has 1 aromatic rings. The van der Waals surface area contributed by atoms with Gasteiger partial charge in [0.1, 0.15) is 11.6 Å². The molecule has 0 bridgehead atoms. The SMILES string of the molecule is COCCCNC(=O)CN(C)c1nc(C)nc(C)c1C. The number of aryl methyl sites for hydroxylation is 2. The summed E-state index contributed by atoms with van der Waals surface area (Å²) in [4.78, 5) is 22.4. The van der Waals surface area contributed by atoms with Crippen LogP contribution in [0.15, 0.2) is 0 Å². The number of anilines is 1. The molecule has 0 saturated carbocycles. The molecule has 1 heterocycles. The van der Waals surface area contributed by atoms with Crippen molar-refractivity contribution in [2.75, 3.05) is 38.8 Å². The number of carbonyl (C=O) groups is 1. The maximum absolute atomic E-state index is 11.8. The molecule has 0 aliphatic carbocycles. The number of carbonyl (C=O) groups excluding carboxylic acids is 1. The maximum atomic E-state index is 11.8. The van der Waals surface area contributed by atoms with Gasteiger partial charge in [0.05, 0.1) is 6.54 Å². The molecule has 0 radical (unpaired) electrons. The summed E-state index contributed by atoms with van der Waals surface area (Å²) in [5.41, 5.74) is 1.95. The van der Waals surface area contributed by atoms with Crippen LogP contribution in [0.2, 0.25) is 0 Å². The molecule has 6 nitrogen and oxygen atoms in total. The number of amides is 1. The Morgan fingerprint density at radius 1 is 1.30 bits per heavy atom. The normalized spacial score (nSPS) is 10.4. The van der Waals surface area contributed by atoms with E-state index in [0.717, 1.165) is 29.3 Å². The Bertz CT molecular complexity index is 463. The Morgan fingerprint density at radius 2 is 2.00 bits per heavy atom. The zero-order chi connectivity index (χ0) is 15.1. The summed E-state index contributed by atoms with van der Waals surface area (Å²) in [7, 11) is 3.51. The highest BCUT2D eigenvalue weighted by molar-refractivity contribution is 5.81. The molecule has 20 heavy (non-hydrogen) atoms. The lowest BCUT2D eigenvalue weighted by atomic mass is 10.2. The van der Waals surface area contributed by atoms with E-state index in [0.29, 0.717) is 13.2 Å². The summed E-state index contributed by atoms with van der Waals surface area (Å²) in [6.07, 6.45) is 0.816. The van der Waals surface area contributed by atoms with Gasteiger partial charge < -0.3 is 15.0 Å². The number of hydrogen-bond donors (Lipinski definition) is 1. The van der Waals surface area contributed by atoms with E-state index in [1.165, 1.54) is 0 Å². The second-order valence-corrected chi connectivity index (χ2v) is 4.86. The van der Waals surface area contributed by atoms with Crippen LogP contribution >= 0.6 is 0 Å². The summed E-state index contributed by atoms with van der Waals surface area (Å²) >= 11 is 0. The van der Waals surface area contributed by atoms with E-state index in [1.54, 1.807) is 7.11 Å². The fourth-order valence-corrected chi connectivity index (χ4v) is 1.91. The highest BCUT2D eigenvalue weighted by atomic mass is 16.5. The number of methoxy groups -OCH3 is 1. The lowest BCUT2D eigenvalue weighted by molar-refractivity contribution is -0.119. The number of likely N-dealkylation sites (N-methyl/N-ethyl adjacent to an activating group) is 1. The highest BCUT2D eigenvalue weighted by Gasteiger charge is 2.13. The van der Waals surface area contributed by atoms with Gasteiger partial charge in [0.15, 0.2) is 0 Å². The lowest BCUT2D eigenvalue weighted by Gasteiger charge is -2.20. The molecule has 6 heteroatoms. The van der Waals surface area contributed by atoms with Crippen molar-refractivity contribution in [2.24, 2.45) is 0 Å². The van der Waals surface area contributed by atoms with Gasteiger partial charge in [0.2, 0.25) is 5.91 Å². The summed E-state index contributed by atoms with van der Waals surface area (Å²) in [6, 6.07) is 0. The van der Waals surface area contributed by atoms with Crippen LogP contribution in [0, 0.1) is 20.8 Å². The average molecular weight is 280 g/mol. The largest absolute Gasteiger partial charge is 0.385 e. The molecule has 0 aliphatic heterocycles. The molecule has 0 spiro atoms. The second kappa shape index (κ2) is 7.79. The first kappa shape index (κ1) is 16.4. The van der Waals surface area contributed by atoms with Crippen LogP contribution in [0.1, 0.15) is 23.5 Å². The van der Waals surface area contributed by atoms with Gasteiger partial charge in [-0.2, -0.15) is 0 Å². The van der Waals surface area contributed by atoms with Crippen molar-refractivity contribution in [3.8, 4) is 0 Å². The zero-order valence-corrected chi connectivity index (χ0v) is 13.0. The van der Waals surface area contributed by atoms with E-state index < -0.39 is 0 Å². The highest BCUT2D eigenvalue weighted by Crippen LogP contribution is 2.17. The minimum Gasteiger partial charge on any atom is -0.385 e. The molecule has 1 aromatic heterocycles. The number of hydrogen-bond acceptors (Lipinski definition) is 5. The van der Waals surface area contributed by atoms with Gasteiger partial charge in [-0.05, 0) is 27.2 Å². The Balaban J connectivity index is 2.58. The first-order valence-corrected chi connectivity index (χ1v) is 6.74. The molecular formula is C14H24N4O2. The Hall–Kier alpha value is -1.69. The summed E-state index contributed by atoms with van der Waals surface area (Å²) in [5.74, 6) is 1.51. The number of aromatic nitrogens is 2.